The number of aromatic nitrogens is 2. The molecule has 8 heteroatoms. The van der Waals surface area contributed by atoms with Gasteiger partial charge < -0.3 is 15.1 Å². The molecule has 0 bridgehead atoms. The largest absolute Gasteiger partial charge is 0.354 e. The lowest BCUT2D eigenvalue weighted by atomic mass is 10.1. The van der Waals surface area contributed by atoms with Gasteiger partial charge in [-0.2, -0.15) is 0 Å². The quantitative estimate of drug-likeness (QED) is 0.845. The van der Waals surface area contributed by atoms with Crippen molar-refractivity contribution < 1.29 is 4.79 Å². The summed E-state index contributed by atoms with van der Waals surface area (Å²) in [7, 11) is 2.06. The lowest BCUT2D eigenvalue weighted by molar-refractivity contribution is 0.0658. The van der Waals surface area contributed by atoms with Crippen LogP contribution in [0.4, 0.5) is 5.95 Å². The van der Waals surface area contributed by atoms with E-state index in [2.05, 4.69) is 27.2 Å². The van der Waals surface area contributed by atoms with Gasteiger partial charge in [0.05, 0.1) is 0 Å². The number of rotatable bonds is 5. The summed E-state index contributed by atoms with van der Waals surface area (Å²) >= 11 is 12.1. The normalized spacial score (nSPS) is 15.1. The molecule has 2 aromatic rings. The van der Waals surface area contributed by atoms with Gasteiger partial charge in [-0.15, -0.1) is 0 Å². The summed E-state index contributed by atoms with van der Waals surface area (Å²) in [6, 6.07) is 7.10. The molecule has 26 heavy (non-hydrogen) atoms. The number of halogens is 2. The average Bonchev–Trinajstić information content (AvgIpc) is 2.64. The van der Waals surface area contributed by atoms with Crippen LogP contribution in [-0.2, 0) is 6.42 Å². The molecule has 6 nitrogen and oxygen atoms in total. The predicted octanol–water partition coefficient (Wildman–Crippen LogP) is 2.83. The maximum Gasteiger partial charge on any atom is 0.272 e. The molecule has 1 saturated heterocycles. The van der Waals surface area contributed by atoms with Crippen LogP contribution < -0.4 is 5.32 Å². The number of hydrogen-bond donors (Lipinski definition) is 1. The van der Waals surface area contributed by atoms with Crippen LogP contribution in [-0.4, -0.2) is 65.4 Å². The van der Waals surface area contributed by atoms with E-state index in [0.717, 1.165) is 31.7 Å². The highest BCUT2D eigenvalue weighted by Gasteiger charge is 2.21. The highest BCUT2D eigenvalue weighted by atomic mass is 35.5. The van der Waals surface area contributed by atoms with Crippen LogP contribution in [0.1, 0.15) is 16.1 Å². The standard InChI is InChI=1S/C18H21Cl2N5O/c1-24-8-10-25(11-9-24)17(26)16-5-7-22-18(23-16)21-6-4-13-2-3-14(19)12-15(13)20/h2-3,5,7,12H,4,6,8-11H2,1H3,(H,21,22,23). The molecule has 0 spiro atoms. The Morgan fingerprint density at radius 1 is 1.19 bits per heavy atom. The van der Waals surface area contributed by atoms with E-state index >= 15 is 0 Å². The summed E-state index contributed by atoms with van der Waals surface area (Å²) in [5.41, 5.74) is 1.41. The van der Waals surface area contributed by atoms with E-state index in [1.54, 1.807) is 18.3 Å². The molecular weight excluding hydrogens is 373 g/mol. The maximum atomic E-state index is 12.6. The molecule has 3 rings (SSSR count). The predicted molar refractivity (Wildman–Crippen MR) is 104 cm³/mol. The van der Waals surface area contributed by atoms with Crippen LogP contribution in [0.2, 0.25) is 10.0 Å². The van der Waals surface area contributed by atoms with Crippen molar-refractivity contribution in [3.8, 4) is 0 Å². The number of hydrogen-bond acceptors (Lipinski definition) is 5. The fraction of sp³-hybridized carbons (Fsp3) is 0.389. The molecule has 1 fully saturated rings. The van der Waals surface area contributed by atoms with Gasteiger partial charge in [0.1, 0.15) is 5.69 Å². The lowest BCUT2D eigenvalue weighted by Gasteiger charge is -2.32. The second kappa shape index (κ2) is 8.66. The Morgan fingerprint density at radius 2 is 1.96 bits per heavy atom. The molecule has 0 aliphatic carbocycles. The van der Waals surface area contributed by atoms with Crippen LogP contribution in [0.5, 0.6) is 0 Å². The minimum atomic E-state index is -0.0516. The topological polar surface area (TPSA) is 61.4 Å². The average molecular weight is 394 g/mol. The highest BCUT2D eigenvalue weighted by molar-refractivity contribution is 6.35. The number of nitrogens with zero attached hydrogens (tertiary/aromatic N) is 4. The summed E-state index contributed by atoms with van der Waals surface area (Å²) in [4.78, 5) is 25.2. The zero-order chi connectivity index (χ0) is 18.5. The first kappa shape index (κ1) is 18.9. The summed E-state index contributed by atoms with van der Waals surface area (Å²) in [6.07, 6.45) is 2.31. The molecule has 2 heterocycles. The van der Waals surface area contributed by atoms with E-state index in [1.165, 1.54) is 0 Å². The van der Waals surface area contributed by atoms with Crippen molar-refractivity contribution in [1.82, 2.24) is 19.8 Å². The van der Waals surface area contributed by atoms with Gasteiger partial charge in [-0.1, -0.05) is 29.3 Å². The summed E-state index contributed by atoms with van der Waals surface area (Å²) in [5.74, 6) is 0.388. The Labute approximate surface area is 163 Å². The van der Waals surface area contributed by atoms with Crippen molar-refractivity contribution in [2.24, 2.45) is 0 Å². The Hall–Kier alpha value is -1.89. The van der Waals surface area contributed by atoms with Gasteiger partial charge in [0.2, 0.25) is 5.95 Å². The Balaban J connectivity index is 1.58. The van der Waals surface area contributed by atoms with E-state index in [1.807, 2.05) is 17.0 Å². The van der Waals surface area contributed by atoms with E-state index in [-0.39, 0.29) is 5.91 Å². The third-order valence-electron chi connectivity index (χ3n) is 4.36. The minimum Gasteiger partial charge on any atom is -0.354 e. The Bertz CT molecular complexity index is 778. The van der Waals surface area contributed by atoms with E-state index in [4.69, 9.17) is 23.2 Å². The Kier molecular flexibility index (Phi) is 6.29. The number of anilines is 1. The van der Waals surface area contributed by atoms with Gasteiger partial charge in [0, 0.05) is 49.0 Å². The molecule has 1 aliphatic rings. The molecular formula is C18H21Cl2N5O. The SMILES string of the molecule is CN1CCN(C(=O)c2ccnc(NCCc3ccc(Cl)cc3Cl)n2)CC1. The number of carbonyl (C=O) groups excluding carboxylic acids is 1. The van der Waals surface area contributed by atoms with Crippen LogP contribution >= 0.6 is 23.2 Å². The van der Waals surface area contributed by atoms with Gasteiger partial charge >= 0.3 is 0 Å². The lowest BCUT2D eigenvalue weighted by Crippen LogP contribution is -2.47. The molecule has 1 aromatic heterocycles. The number of carbonyl (C=O) groups is 1. The first-order valence-electron chi connectivity index (χ1n) is 8.51. The van der Waals surface area contributed by atoms with Gasteiger partial charge in [-0.25, -0.2) is 9.97 Å². The van der Waals surface area contributed by atoms with Crippen LogP contribution in [0.15, 0.2) is 30.5 Å². The maximum absolute atomic E-state index is 12.6. The first-order chi connectivity index (χ1) is 12.5. The number of nitrogens with one attached hydrogen (secondary N) is 1. The Morgan fingerprint density at radius 3 is 2.69 bits per heavy atom. The number of piperazine rings is 1. The fourth-order valence-corrected chi connectivity index (χ4v) is 3.27. The minimum absolute atomic E-state index is 0.0516. The summed E-state index contributed by atoms with van der Waals surface area (Å²) in [5, 5.41) is 4.40. The van der Waals surface area contributed by atoms with Crippen molar-refractivity contribution >= 4 is 35.1 Å². The molecule has 1 aliphatic heterocycles. The van der Waals surface area contributed by atoms with Crippen LogP contribution in [0.3, 0.4) is 0 Å². The third-order valence-corrected chi connectivity index (χ3v) is 4.94. The molecule has 138 valence electrons. The number of amides is 1. The number of benzene rings is 1. The smallest absolute Gasteiger partial charge is 0.272 e. The summed E-state index contributed by atoms with van der Waals surface area (Å²) in [6.45, 7) is 3.80. The second-order valence-electron chi connectivity index (χ2n) is 6.27. The van der Waals surface area contributed by atoms with Gasteiger partial charge in [-0.05, 0) is 37.2 Å². The third kappa shape index (κ3) is 4.84. The molecule has 0 atom stereocenters. The van der Waals surface area contributed by atoms with Crippen molar-refractivity contribution in [3.63, 3.8) is 0 Å². The van der Waals surface area contributed by atoms with Gasteiger partial charge in [0.15, 0.2) is 0 Å². The monoisotopic (exact) mass is 393 g/mol. The molecule has 1 amide bonds. The van der Waals surface area contributed by atoms with E-state index < -0.39 is 0 Å². The molecule has 0 radical (unpaired) electrons. The van der Waals surface area contributed by atoms with Gasteiger partial charge in [-0.3, -0.25) is 4.79 Å². The summed E-state index contributed by atoms with van der Waals surface area (Å²) < 4.78 is 0. The second-order valence-corrected chi connectivity index (χ2v) is 7.12. The van der Waals surface area contributed by atoms with Crippen molar-refractivity contribution in [2.45, 2.75) is 6.42 Å². The molecule has 1 N–H and O–H groups in total. The molecule has 0 unspecified atom stereocenters. The van der Waals surface area contributed by atoms with E-state index in [0.29, 0.717) is 34.7 Å². The molecule has 1 aromatic carbocycles. The first-order valence-corrected chi connectivity index (χ1v) is 9.27. The van der Waals surface area contributed by atoms with Crippen molar-refractivity contribution in [2.75, 3.05) is 45.1 Å². The zero-order valence-electron chi connectivity index (χ0n) is 14.6. The van der Waals surface area contributed by atoms with Crippen molar-refractivity contribution in [1.29, 1.82) is 0 Å². The van der Waals surface area contributed by atoms with Crippen LogP contribution in [0, 0.1) is 0 Å². The van der Waals surface area contributed by atoms with E-state index in [9.17, 15) is 4.79 Å². The van der Waals surface area contributed by atoms with Crippen molar-refractivity contribution in [3.05, 3.63) is 51.8 Å². The van der Waals surface area contributed by atoms with Gasteiger partial charge in [0.25, 0.3) is 5.91 Å². The fourth-order valence-electron chi connectivity index (χ4n) is 2.77. The zero-order valence-corrected chi connectivity index (χ0v) is 16.1. The molecule has 0 saturated carbocycles. The number of likely N-dealkylation sites (N-methyl/N-ethyl adjacent to an activating group) is 1. The van der Waals surface area contributed by atoms with Crippen LogP contribution in [0.25, 0.3) is 0 Å². The highest BCUT2D eigenvalue weighted by Crippen LogP contribution is 2.21.